The molecule has 0 bridgehead atoms. The van der Waals surface area contributed by atoms with Crippen LogP contribution in [0.15, 0.2) is 34.9 Å². The Bertz CT molecular complexity index is 507. The maximum atomic E-state index is 5.80. The highest BCUT2D eigenvalue weighted by Crippen LogP contribution is 2.28. The molecule has 96 valence electrons. The molecule has 0 aliphatic heterocycles. The molecule has 3 nitrogen and oxygen atoms in total. The van der Waals surface area contributed by atoms with Crippen LogP contribution in [0.1, 0.15) is 31.5 Å². The van der Waals surface area contributed by atoms with Gasteiger partial charge in [-0.1, -0.05) is 47.5 Å². The van der Waals surface area contributed by atoms with Crippen molar-refractivity contribution in [1.82, 2.24) is 9.97 Å². The number of aromatic amines is 1. The molecule has 0 spiro atoms. The number of nitrogens with two attached hydrogens (primary N) is 1. The normalized spacial score (nSPS) is 12.6. The third-order valence-electron chi connectivity index (χ3n) is 3.07. The number of aromatic nitrogens is 2. The lowest BCUT2D eigenvalue weighted by Gasteiger charge is -2.10. The van der Waals surface area contributed by atoms with Gasteiger partial charge in [0.2, 0.25) is 0 Å². The SMILES string of the molecule is CCCC(CN)c1ncc(-c2ccccc2Br)[nH]1. The topological polar surface area (TPSA) is 54.7 Å². The van der Waals surface area contributed by atoms with Crippen LogP contribution in [-0.4, -0.2) is 16.5 Å². The molecular weight excluding hydrogens is 290 g/mol. The van der Waals surface area contributed by atoms with E-state index in [0.717, 1.165) is 34.4 Å². The molecular formula is C14H18BrN3. The molecule has 2 aromatic rings. The third-order valence-corrected chi connectivity index (χ3v) is 3.76. The van der Waals surface area contributed by atoms with Crippen molar-refractivity contribution in [3.05, 3.63) is 40.8 Å². The molecule has 1 heterocycles. The quantitative estimate of drug-likeness (QED) is 0.885. The van der Waals surface area contributed by atoms with E-state index in [1.54, 1.807) is 0 Å². The van der Waals surface area contributed by atoms with Gasteiger partial charge in [0, 0.05) is 22.5 Å². The van der Waals surface area contributed by atoms with Crippen molar-refractivity contribution >= 4 is 15.9 Å². The summed E-state index contributed by atoms with van der Waals surface area (Å²) in [7, 11) is 0. The highest BCUT2D eigenvalue weighted by atomic mass is 79.9. The van der Waals surface area contributed by atoms with Crippen LogP contribution in [0.3, 0.4) is 0 Å². The highest BCUT2D eigenvalue weighted by Gasteiger charge is 2.13. The maximum absolute atomic E-state index is 5.80. The molecule has 2 rings (SSSR count). The highest BCUT2D eigenvalue weighted by molar-refractivity contribution is 9.10. The van der Waals surface area contributed by atoms with Gasteiger partial charge in [0.15, 0.2) is 0 Å². The summed E-state index contributed by atoms with van der Waals surface area (Å²) < 4.78 is 1.07. The predicted molar refractivity (Wildman–Crippen MR) is 78.4 cm³/mol. The van der Waals surface area contributed by atoms with Crippen molar-refractivity contribution in [2.24, 2.45) is 5.73 Å². The van der Waals surface area contributed by atoms with E-state index in [0.29, 0.717) is 12.5 Å². The summed E-state index contributed by atoms with van der Waals surface area (Å²) in [5.41, 5.74) is 7.96. The van der Waals surface area contributed by atoms with Crippen molar-refractivity contribution in [2.45, 2.75) is 25.7 Å². The lowest BCUT2D eigenvalue weighted by molar-refractivity contribution is 0.595. The predicted octanol–water partition coefficient (Wildman–Crippen LogP) is 3.68. The van der Waals surface area contributed by atoms with E-state index in [-0.39, 0.29) is 0 Å². The zero-order valence-electron chi connectivity index (χ0n) is 10.5. The van der Waals surface area contributed by atoms with E-state index in [2.05, 4.69) is 38.9 Å². The van der Waals surface area contributed by atoms with E-state index in [1.165, 1.54) is 0 Å². The Labute approximate surface area is 116 Å². The molecule has 1 aromatic carbocycles. The van der Waals surface area contributed by atoms with E-state index in [9.17, 15) is 0 Å². The molecule has 0 saturated heterocycles. The van der Waals surface area contributed by atoms with Crippen molar-refractivity contribution < 1.29 is 0 Å². The number of hydrogen-bond donors (Lipinski definition) is 2. The van der Waals surface area contributed by atoms with Crippen molar-refractivity contribution in [1.29, 1.82) is 0 Å². The number of nitrogens with zero attached hydrogens (tertiary/aromatic N) is 1. The van der Waals surface area contributed by atoms with Crippen LogP contribution in [0, 0.1) is 0 Å². The van der Waals surface area contributed by atoms with Crippen LogP contribution in [0.5, 0.6) is 0 Å². The van der Waals surface area contributed by atoms with Crippen LogP contribution >= 0.6 is 15.9 Å². The Kier molecular flexibility index (Phi) is 4.55. The summed E-state index contributed by atoms with van der Waals surface area (Å²) in [4.78, 5) is 7.85. The van der Waals surface area contributed by atoms with Gasteiger partial charge in [-0.15, -0.1) is 0 Å². The van der Waals surface area contributed by atoms with Crippen LogP contribution in [0.25, 0.3) is 11.3 Å². The van der Waals surface area contributed by atoms with Gasteiger partial charge in [-0.2, -0.15) is 0 Å². The van der Waals surface area contributed by atoms with Gasteiger partial charge in [0.25, 0.3) is 0 Å². The molecule has 0 aliphatic carbocycles. The summed E-state index contributed by atoms with van der Waals surface area (Å²) in [6, 6.07) is 8.12. The third kappa shape index (κ3) is 2.82. The van der Waals surface area contributed by atoms with Crippen LogP contribution in [0.4, 0.5) is 0 Å². The Morgan fingerprint density at radius 2 is 2.17 bits per heavy atom. The van der Waals surface area contributed by atoms with Crippen molar-refractivity contribution in [3.63, 3.8) is 0 Å². The zero-order chi connectivity index (χ0) is 13.0. The Balaban J connectivity index is 2.28. The van der Waals surface area contributed by atoms with Gasteiger partial charge in [0.1, 0.15) is 5.82 Å². The van der Waals surface area contributed by atoms with Crippen molar-refractivity contribution in [2.75, 3.05) is 6.54 Å². The van der Waals surface area contributed by atoms with Gasteiger partial charge < -0.3 is 10.7 Å². The van der Waals surface area contributed by atoms with E-state index < -0.39 is 0 Å². The molecule has 3 N–H and O–H groups in total. The molecule has 4 heteroatoms. The fourth-order valence-corrected chi connectivity index (χ4v) is 2.57. The van der Waals surface area contributed by atoms with E-state index >= 15 is 0 Å². The van der Waals surface area contributed by atoms with Crippen LogP contribution in [-0.2, 0) is 0 Å². The lowest BCUT2D eigenvalue weighted by atomic mass is 10.0. The van der Waals surface area contributed by atoms with Gasteiger partial charge in [-0.25, -0.2) is 4.98 Å². The first-order chi connectivity index (χ1) is 8.76. The number of H-pyrrole nitrogens is 1. The first-order valence-electron chi connectivity index (χ1n) is 6.26. The van der Waals surface area contributed by atoms with Gasteiger partial charge in [0.05, 0.1) is 11.9 Å². The summed E-state index contributed by atoms with van der Waals surface area (Å²) in [5.74, 6) is 1.32. The smallest absolute Gasteiger partial charge is 0.110 e. The molecule has 0 amide bonds. The molecule has 0 saturated carbocycles. The van der Waals surface area contributed by atoms with Crippen molar-refractivity contribution in [3.8, 4) is 11.3 Å². The average Bonchev–Trinajstić information content (AvgIpc) is 2.85. The van der Waals surface area contributed by atoms with Crippen LogP contribution < -0.4 is 5.73 Å². The summed E-state index contributed by atoms with van der Waals surface area (Å²) in [6.45, 7) is 2.80. The zero-order valence-corrected chi connectivity index (χ0v) is 12.1. The lowest BCUT2D eigenvalue weighted by Crippen LogP contribution is -2.13. The second-order valence-corrected chi connectivity index (χ2v) is 5.24. The Morgan fingerprint density at radius 1 is 1.39 bits per heavy atom. The van der Waals surface area contributed by atoms with Crippen LogP contribution in [0.2, 0.25) is 0 Å². The Morgan fingerprint density at radius 3 is 2.83 bits per heavy atom. The second kappa shape index (κ2) is 6.16. The Hall–Kier alpha value is -1.13. The monoisotopic (exact) mass is 307 g/mol. The number of imidazole rings is 1. The molecule has 0 fully saturated rings. The minimum Gasteiger partial charge on any atom is -0.342 e. The first kappa shape index (κ1) is 13.3. The van der Waals surface area contributed by atoms with E-state index in [4.69, 9.17) is 5.73 Å². The number of rotatable bonds is 5. The second-order valence-electron chi connectivity index (χ2n) is 4.38. The molecule has 18 heavy (non-hydrogen) atoms. The fourth-order valence-electron chi connectivity index (χ4n) is 2.08. The molecule has 0 aliphatic rings. The molecule has 1 unspecified atom stereocenters. The fraction of sp³-hybridized carbons (Fsp3) is 0.357. The number of nitrogens with one attached hydrogen (secondary N) is 1. The van der Waals surface area contributed by atoms with E-state index in [1.807, 2.05) is 24.4 Å². The molecule has 0 radical (unpaired) electrons. The summed E-state index contributed by atoms with van der Waals surface area (Å²) in [6.07, 6.45) is 4.07. The number of benzene rings is 1. The van der Waals surface area contributed by atoms with Gasteiger partial charge >= 0.3 is 0 Å². The largest absolute Gasteiger partial charge is 0.342 e. The first-order valence-corrected chi connectivity index (χ1v) is 7.05. The molecule has 1 aromatic heterocycles. The standard InChI is InChI=1S/C14H18BrN3/c1-2-5-10(8-16)14-17-9-13(18-14)11-6-3-4-7-12(11)15/h3-4,6-7,9-10H,2,5,8,16H2,1H3,(H,17,18). The minimum absolute atomic E-state index is 0.325. The maximum Gasteiger partial charge on any atom is 0.110 e. The summed E-state index contributed by atoms with van der Waals surface area (Å²) in [5, 5.41) is 0. The summed E-state index contributed by atoms with van der Waals surface area (Å²) >= 11 is 3.55. The number of hydrogen-bond acceptors (Lipinski definition) is 2. The van der Waals surface area contributed by atoms with Gasteiger partial charge in [-0.3, -0.25) is 0 Å². The number of halogens is 1. The average molecular weight is 308 g/mol. The minimum atomic E-state index is 0.325. The van der Waals surface area contributed by atoms with Gasteiger partial charge in [-0.05, 0) is 12.5 Å². The molecule has 1 atom stereocenters.